The first kappa shape index (κ1) is 20.7. The van der Waals surface area contributed by atoms with Gasteiger partial charge in [0, 0.05) is 0 Å². The first-order valence-electron chi connectivity index (χ1n) is 9.56. The van der Waals surface area contributed by atoms with Gasteiger partial charge in [0.1, 0.15) is 18.3 Å². The van der Waals surface area contributed by atoms with Crippen LogP contribution in [0.15, 0.2) is 73.3 Å². The molecule has 2 aromatic carbocycles. The van der Waals surface area contributed by atoms with Gasteiger partial charge in [-0.2, -0.15) is 0 Å². The third-order valence-corrected chi connectivity index (χ3v) is 4.72. The Morgan fingerprint density at radius 2 is 1.39 bits per heavy atom. The van der Waals surface area contributed by atoms with Crippen LogP contribution >= 0.6 is 0 Å². The number of rotatable bonds is 9. The van der Waals surface area contributed by atoms with E-state index in [1.54, 1.807) is 6.08 Å². The molecule has 0 aliphatic carbocycles. The third kappa shape index (κ3) is 5.50. The average Bonchev–Trinajstić information content (AvgIpc) is 2.72. The molecule has 0 aromatic heterocycles. The first-order valence-corrected chi connectivity index (χ1v) is 9.56. The Hall–Kier alpha value is -2.02. The summed E-state index contributed by atoms with van der Waals surface area (Å²) in [7, 11) is 0. The fourth-order valence-electron chi connectivity index (χ4n) is 3.30. The van der Waals surface area contributed by atoms with Crippen LogP contribution in [-0.4, -0.2) is 42.4 Å². The highest BCUT2D eigenvalue weighted by Crippen LogP contribution is 2.28. The summed E-state index contributed by atoms with van der Waals surface area (Å²) in [6, 6.07) is 19.7. The average molecular weight is 384 g/mol. The molecule has 1 aliphatic heterocycles. The molecule has 1 N–H and O–H groups in total. The van der Waals surface area contributed by atoms with Crippen LogP contribution < -0.4 is 0 Å². The Morgan fingerprint density at radius 1 is 0.857 bits per heavy atom. The lowest BCUT2D eigenvalue weighted by Crippen LogP contribution is -2.59. The Kier molecular flexibility index (Phi) is 7.77. The fraction of sp³-hybridized carbons (Fsp3) is 0.391. The molecule has 1 fully saturated rings. The van der Waals surface area contributed by atoms with E-state index in [-0.39, 0.29) is 12.2 Å². The molecule has 1 saturated heterocycles. The molecule has 5 heteroatoms. The highest BCUT2D eigenvalue weighted by Gasteiger charge is 2.46. The van der Waals surface area contributed by atoms with E-state index < -0.39 is 18.5 Å². The highest BCUT2D eigenvalue weighted by atomic mass is 16.7. The second kappa shape index (κ2) is 10.5. The minimum absolute atomic E-state index is 0.334. The SMILES string of the molecule is C=CCO[C@@H]1[C@@H](OCc2ccccc2)[C@H](C)O[C@H](O)[C@@H]1OCc1ccccc1. The highest BCUT2D eigenvalue weighted by molar-refractivity contribution is 5.14. The van der Waals surface area contributed by atoms with Gasteiger partial charge in [-0.15, -0.1) is 6.58 Å². The van der Waals surface area contributed by atoms with Crippen molar-refractivity contribution < 1.29 is 24.1 Å². The van der Waals surface area contributed by atoms with E-state index in [9.17, 15) is 5.11 Å². The maximum Gasteiger partial charge on any atom is 0.184 e. The largest absolute Gasteiger partial charge is 0.368 e. The van der Waals surface area contributed by atoms with Crippen LogP contribution in [0.25, 0.3) is 0 Å². The Balaban J connectivity index is 1.71. The van der Waals surface area contributed by atoms with Crippen LogP contribution in [-0.2, 0) is 32.2 Å². The van der Waals surface area contributed by atoms with Crippen LogP contribution in [0.5, 0.6) is 0 Å². The van der Waals surface area contributed by atoms with Gasteiger partial charge in [0.05, 0.1) is 25.9 Å². The number of aliphatic hydroxyl groups is 1. The predicted molar refractivity (Wildman–Crippen MR) is 107 cm³/mol. The van der Waals surface area contributed by atoms with E-state index in [1.807, 2.05) is 67.6 Å². The van der Waals surface area contributed by atoms with Crippen LogP contribution in [0.4, 0.5) is 0 Å². The lowest BCUT2D eigenvalue weighted by Gasteiger charge is -2.43. The summed E-state index contributed by atoms with van der Waals surface area (Å²) >= 11 is 0. The van der Waals surface area contributed by atoms with Gasteiger partial charge in [-0.05, 0) is 18.1 Å². The van der Waals surface area contributed by atoms with Crippen molar-refractivity contribution in [3.8, 4) is 0 Å². The number of benzene rings is 2. The molecule has 0 radical (unpaired) electrons. The first-order chi connectivity index (χ1) is 13.7. The van der Waals surface area contributed by atoms with Gasteiger partial charge in [-0.25, -0.2) is 0 Å². The van der Waals surface area contributed by atoms with Gasteiger partial charge in [-0.3, -0.25) is 0 Å². The van der Waals surface area contributed by atoms with Gasteiger partial charge in [-0.1, -0.05) is 66.7 Å². The lowest BCUT2D eigenvalue weighted by atomic mass is 9.99. The predicted octanol–water partition coefficient (Wildman–Crippen LogP) is 3.47. The van der Waals surface area contributed by atoms with Crippen molar-refractivity contribution in [2.75, 3.05) is 6.61 Å². The molecule has 0 saturated carbocycles. The molecule has 0 amide bonds. The molecule has 0 bridgehead atoms. The van der Waals surface area contributed by atoms with Gasteiger partial charge in [0.2, 0.25) is 0 Å². The summed E-state index contributed by atoms with van der Waals surface area (Å²) in [6.45, 7) is 6.70. The zero-order valence-electron chi connectivity index (χ0n) is 16.1. The van der Waals surface area contributed by atoms with Crippen molar-refractivity contribution in [3.05, 3.63) is 84.4 Å². The number of hydrogen-bond donors (Lipinski definition) is 1. The molecule has 3 rings (SSSR count). The maximum absolute atomic E-state index is 10.5. The van der Waals surface area contributed by atoms with Crippen LogP contribution in [0, 0.1) is 0 Å². The summed E-state index contributed by atoms with van der Waals surface area (Å²) in [5, 5.41) is 10.5. The maximum atomic E-state index is 10.5. The Morgan fingerprint density at radius 3 is 1.93 bits per heavy atom. The second-order valence-electron chi connectivity index (χ2n) is 6.84. The smallest absolute Gasteiger partial charge is 0.184 e. The summed E-state index contributed by atoms with van der Waals surface area (Å²) in [5.74, 6) is 0. The Bertz CT molecular complexity index is 650. The minimum atomic E-state index is -1.09. The van der Waals surface area contributed by atoms with Crippen molar-refractivity contribution in [3.63, 3.8) is 0 Å². The lowest BCUT2D eigenvalue weighted by molar-refractivity contribution is -0.305. The molecule has 5 nitrogen and oxygen atoms in total. The van der Waals surface area contributed by atoms with Crippen molar-refractivity contribution in [2.24, 2.45) is 0 Å². The van der Waals surface area contributed by atoms with E-state index in [1.165, 1.54) is 0 Å². The molecule has 2 aromatic rings. The van der Waals surface area contributed by atoms with Crippen LogP contribution in [0.1, 0.15) is 18.1 Å². The molecule has 0 spiro atoms. The van der Waals surface area contributed by atoms with E-state index in [4.69, 9.17) is 18.9 Å². The van der Waals surface area contributed by atoms with Gasteiger partial charge in [0.15, 0.2) is 6.29 Å². The monoisotopic (exact) mass is 384 g/mol. The van der Waals surface area contributed by atoms with Crippen molar-refractivity contribution in [1.82, 2.24) is 0 Å². The molecular formula is C23H28O5. The van der Waals surface area contributed by atoms with Gasteiger partial charge in [0.25, 0.3) is 0 Å². The number of hydrogen-bond acceptors (Lipinski definition) is 5. The van der Waals surface area contributed by atoms with Gasteiger partial charge >= 0.3 is 0 Å². The summed E-state index contributed by atoms with van der Waals surface area (Å²) in [4.78, 5) is 0. The minimum Gasteiger partial charge on any atom is -0.368 e. The standard InChI is InChI=1S/C23H28O5/c1-3-14-25-21-20(26-15-18-10-6-4-7-11-18)17(2)28-23(24)22(21)27-16-19-12-8-5-9-13-19/h3-13,17,20-24H,1,14-16H2,2H3/t17-,20-,21+,22+,23-/m0/s1. The zero-order chi connectivity index (χ0) is 19.8. The number of aliphatic hydroxyl groups excluding tert-OH is 1. The second-order valence-corrected chi connectivity index (χ2v) is 6.84. The van der Waals surface area contributed by atoms with E-state index >= 15 is 0 Å². The summed E-state index contributed by atoms with van der Waals surface area (Å²) in [6.07, 6.45) is -1.30. The molecule has 1 aliphatic rings. The third-order valence-electron chi connectivity index (χ3n) is 4.72. The summed E-state index contributed by atoms with van der Waals surface area (Å²) < 4.78 is 23.8. The molecule has 28 heavy (non-hydrogen) atoms. The van der Waals surface area contributed by atoms with Crippen LogP contribution in [0.2, 0.25) is 0 Å². The van der Waals surface area contributed by atoms with Gasteiger partial charge < -0.3 is 24.1 Å². The van der Waals surface area contributed by atoms with E-state index in [2.05, 4.69) is 6.58 Å². The van der Waals surface area contributed by atoms with Crippen molar-refractivity contribution >= 4 is 0 Å². The fourth-order valence-corrected chi connectivity index (χ4v) is 3.30. The van der Waals surface area contributed by atoms with Crippen molar-refractivity contribution in [1.29, 1.82) is 0 Å². The topological polar surface area (TPSA) is 57.2 Å². The number of ether oxygens (including phenoxy) is 4. The van der Waals surface area contributed by atoms with Crippen molar-refractivity contribution in [2.45, 2.75) is 50.8 Å². The molecule has 1 heterocycles. The summed E-state index contributed by atoms with van der Waals surface area (Å²) in [5.41, 5.74) is 2.07. The normalized spacial score (nSPS) is 27.4. The van der Waals surface area contributed by atoms with E-state index in [0.717, 1.165) is 11.1 Å². The molecule has 150 valence electrons. The molecule has 5 atom stereocenters. The zero-order valence-corrected chi connectivity index (χ0v) is 16.1. The molecule has 0 unspecified atom stereocenters. The quantitative estimate of drug-likeness (QED) is 0.671. The van der Waals surface area contributed by atoms with E-state index in [0.29, 0.717) is 19.8 Å². The van der Waals surface area contributed by atoms with Crippen LogP contribution in [0.3, 0.4) is 0 Å². The Labute approximate surface area is 166 Å². The molecular weight excluding hydrogens is 356 g/mol.